The standard InChI is InChI=1S/C30H25N3O3S/c1-19(2)22-10-15-27-25(18-22)32-29(36-27)21-8-11-23(12-9-21)31-30(37)33-28(34)17-14-24-13-16-26(35-24)20-6-4-3-5-7-20/h3-19H,1-2H3,(H2,31,33,34,37)/b17-14+. The zero-order valence-electron chi connectivity index (χ0n) is 20.4. The van der Waals surface area contributed by atoms with Gasteiger partial charge in [0.2, 0.25) is 11.8 Å². The fourth-order valence-electron chi connectivity index (χ4n) is 3.80. The van der Waals surface area contributed by atoms with Crippen molar-refractivity contribution in [2.75, 3.05) is 5.32 Å². The van der Waals surface area contributed by atoms with Gasteiger partial charge >= 0.3 is 0 Å². The van der Waals surface area contributed by atoms with Crippen LogP contribution in [0.4, 0.5) is 5.69 Å². The number of thiocarbonyl (C=S) groups is 1. The van der Waals surface area contributed by atoms with Crippen LogP contribution in [0.3, 0.4) is 0 Å². The van der Waals surface area contributed by atoms with Gasteiger partial charge in [-0.3, -0.25) is 10.1 Å². The van der Waals surface area contributed by atoms with Crippen molar-refractivity contribution < 1.29 is 13.6 Å². The lowest BCUT2D eigenvalue weighted by Crippen LogP contribution is -2.32. The lowest BCUT2D eigenvalue weighted by atomic mass is 10.0. The number of furan rings is 1. The highest BCUT2D eigenvalue weighted by molar-refractivity contribution is 7.80. The average molecular weight is 508 g/mol. The summed E-state index contributed by atoms with van der Waals surface area (Å²) in [5.41, 5.74) is 5.36. The third kappa shape index (κ3) is 5.85. The van der Waals surface area contributed by atoms with Crippen molar-refractivity contribution in [2.24, 2.45) is 0 Å². The van der Waals surface area contributed by atoms with E-state index in [1.807, 2.05) is 72.8 Å². The molecule has 0 bridgehead atoms. The van der Waals surface area contributed by atoms with E-state index in [-0.39, 0.29) is 11.0 Å². The van der Waals surface area contributed by atoms with E-state index < -0.39 is 0 Å². The molecule has 0 atom stereocenters. The summed E-state index contributed by atoms with van der Waals surface area (Å²) in [7, 11) is 0. The Balaban J connectivity index is 1.17. The Morgan fingerprint density at radius 3 is 2.46 bits per heavy atom. The van der Waals surface area contributed by atoms with Gasteiger partial charge in [0.1, 0.15) is 17.0 Å². The Morgan fingerprint density at radius 2 is 1.70 bits per heavy atom. The van der Waals surface area contributed by atoms with Crippen LogP contribution in [0.5, 0.6) is 0 Å². The zero-order chi connectivity index (χ0) is 25.8. The number of hydrogen-bond acceptors (Lipinski definition) is 5. The SMILES string of the molecule is CC(C)c1ccc2oc(-c3ccc(NC(=S)NC(=O)/C=C/c4ccc(-c5ccccc5)o4)cc3)nc2c1. The minimum Gasteiger partial charge on any atom is -0.457 e. The molecule has 2 N–H and O–H groups in total. The molecule has 1 amide bonds. The predicted octanol–water partition coefficient (Wildman–Crippen LogP) is 7.40. The fraction of sp³-hybridized carbons (Fsp3) is 0.100. The molecule has 6 nitrogen and oxygen atoms in total. The summed E-state index contributed by atoms with van der Waals surface area (Å²) in [4.78, 5) is 16.9. The number of amides is 1. The van der Waals surface area contributed by atoms with E-state index in [1.165, 1.54) is 11.6 Å². The number of carbonyl (C=O) groups is 1. The number of nitrogens with zero attached hydrogens (tertiary/aromatic N) is 1. The van der Waals surface area contributed by atoms with Crippen LogP contribution in [0.2, 0.25) is 0 Å². The van der Waals surface area contributed by atoms with Gasteiger partial charge in [0.15, 0.2) is 10.7 Å². The minimum absolute atomic E-state index is 0.190. The Kier molecular flexibility index (Phi) is 6.96. The van der Waals surface area contributed by atoms with E-state index in [0.717, 1.165) is 33.7 Å². The lowest BCUT2D eigenvalue weighted by molar-refractivity contribution is -0.115. The van der Waals surface area contributed by atoms with Crippen LogP contribution < -0.4 is 10.6 Å². The van der Waals surface area contributed by atoms with Gasteiger partial charge in [-0.05, 0) is 78.3 Å². The fourth-order valence-corrected chi connectivity index (χ4v) is 4.02. The van der Waals surface area contributed by atoms with E-state index in [1.54, 1.807) is 6.08 Å². The summed E-state index contributed by atoms with van der Waals surface area (Å²) in [6.07, 6.45) is 2.98. The smallest absolute Gasteiger partial charge is 0.250 e. The number of aromatic nitrogens is 1. The second-order valence-corrected chi connectivity index (χ2v) is 9.23. The maximum atomic E-state index is 12.3. The highest BCUT2D eigenvalue weighted by Gasteiger charge is 2.11. The summed E-state index contributed by atoms with van der Waals surface area (Å²) in [6.45, 7) is 4.30. The summed E-state index contributed by atoms with van der Waals surface area (Å²) in [6, 6.07) is 27.0. The van der Waals surface area contributed by atoms with Crippen LogP contribution in [0.25, 0.3) is 40.0 Å². The molecule has 0 aliphatic carbocycles. The molecule has 184 valence electrons. The monoisotopic (exact) mass is 507 g/mol. The molecule has 7 heteroatoms. The Labute approximate surface area is 220 Å². The first kappa shape index (κ1) is 24.2. The maximum Gasteiger partial charge on any atom is 0.250 e. The van der Waals surface area contributed by atoms with E-state index in [4.69, 9.17) is 21.1 Å². The van der Waals surface area contributed by atoms with Crippen LogP contribution in [0, 0.1) is 0 Å². The number of nitrogens with one attached hydrogen (secondary N) is 2. The highest BCUT2D eigenvalue weighted by Crippen LogP contribution is 2.28. The molecule has 0 fully saturated rings. The Morgan fingerprint density at radius 1 is 0.919 bits per heavy atom. The first-order valence-corrected chi connectivity index (χ1v) is 12.3. The van der Waals surface area contributed by atoms with Gasteiger partial charge in [-0.25, -0.2) is 4.98 Å². The lowest BCUT2D eigenvalue weighted by Gasteiger charge is -2.08. The second kappa shape index (κ2) is 10.6. The molecular formula is C30H25N3O3S. The van der Waals surface area contributed by atoms with Gasteiger partial charge in [-0.2, -0.15) is 0 Å². The van der Waals surface area contributed by atoms with Crippen molar-refractivity contribution in [3.63, 3.8) is 0 Å². The maximum absolute atomic E-state index is 12.3. The zero-order valence-corrected chi connectivity index (χ0v) is 21.2. The topological polar surface area (TPSA) is 80.3 Å². The molecule has 2 aromatic heterocycles. The van der Waals surface area contributed by atoms with E-state index in [2.05, 4.69) is 41.6 Å². The van der Waals surface area contributed by atoms with Gasteiger partial charge < -0.3 is 14.2 Å². The van der Waals surface area contributed by atoms with Crippen LogP contribution in [0.1, 0.15) is 31.1 Å². The van der Waals surface area contributed by atoms with Crippen molar-refractivity contribution in [3.8, 4) is 22.8 Å². The summed E-state index contributed by atoms with van der Waals surface area (Å²) in [5, 5.41) is 5.84. The minimum atomic E-state index is -0.362. The molecule has 0 spiro atoms. The average Bonchev–Trinajstić information content (AvgIpc) is 3.55. The molecule has 0 unspecified atom stereocenters. The number of benzene rings is 3. The molecule has 0 saturated heterocycles. The highest BCUT2D eigenvalue weighted by atomic mass is 32.1. The van der Waals surface area contributed by atoms with Crippen LogP contribution in [0.15, 0.2) is 99.8 Å². The van der Waals surface area contributed by atoms with Crippen LogP contribution in [-0.2, 0) is 4.79 Å². The predicted molar refractivity (Wildman–Crippen MR) is 151 cm³/mol. The van der Waals surface area contributed by atoms with Gasteiger partial charge in [0.05, 0.1) is 0 Å². The third-order valence-corrected chi connectivity index (χ3v) is 5.99. The Bertz CT molecular complexity index is 1580. The normalized spacial score (nSPS) is 11.3. The summed E-state index contributed by atoms with van der Waals surface area (Å²) in [5.74, 6) is 1.92. The van der Waals surface area contributed by atoms with Crippen LogP contribution in [-0.4, -0.2) is 16.0 Å². The van der Waals surface area contributed by atoms with Crippen molar-refractivity contribution in [1.82, 2.24) is 10.3 Å². The molecular weight excluding hydrogens is 482 g/mol. The Hall–Kier alpha value is -4.49. The number of carbonyl (C=O) groups excluding carboxylic acids is 1. The third-order valence-electron chi connectivity index (χ3n) is 5.79. The summed E-state index contributed by atoms with van der Waals surface area (Å²) < 4.78 is 11.7. The number of fused-ring (bicyclic) bond motifs is 1. The molecule has 0 saturated carbocycles. The quantitative estimate of drug-likeness (QED) is 0.184. The van der Waals surface area contributed by atoms with Gasteiger partial charge in [0.25, 0.3) is 0 Å². The summed E-state index contributed by atoms with van der Waals surface area (Å²) >= 11 is 5.28. The van der Waals surface area contributed by atoms with Gasteiger partial charge in [0, 0.05) is 22.9 Å². The van der Waals surface area contributed by atoms with Gasteiger partial charge in [-0.15, -0.1) is 0 Å². The molecule has 0 aliphatic rings. The molecule has 0 radical (unpaired) electrons. The number of anilines is 1. The second-order valence-electron chi connectivity index (χ2n) is 8.82. The van der Waals surface area contributed by atoms with Crippen LogP contribution >= 0.6 is 12.2 Å². The van der Waals surface area contributed by atoms with E-state index >= 15 is 0 Å². The van der Waals surface area contributed by atoms with Crippen molar-refractivity contribution >= 4 is 46.1 Å². The molecule has 37 heavy (non-hydrogen) atoms. The van der Waals surface area contributed by atoms with Crippen molar-refractivity contribution in [1.29, 1.82) is 0 Å². The molecule has 2 heterocycles. The molecule has 3 aromatic carbocycles. The number of rotatable bonds is 6. The van der Waals surface area contributed by atoms with Crippen molar-refractivity contribution in [3.05, 3.63) is 102 Å². The first-order chi connectivity index (χ1) is 17.9. The number of oxazole rings is 1. The molecule has 0 aliphatic heterocycles. The number of hydrogen-bond donors (Lipinski definition) is 2. The van der Waals surface area contributed by atoms with Crippen molar-refractivity contribution in [2.45, 2.75) is 19.8 Å². The largest absolute Gasteiger partial charge is 0.457 e. The van der Waals surface area contributed by atoms with Gasteiger partial charge in [-0.1, -0.05) is 50.2 Å². The van der Waals surface area contributed by atoms with E-state index in [0.29, 0.717) is 17.6 Å². The molecule has 5 rings (SSSR count). The molecule has 5 aromatic rings. The van der Waals surface area contributed by atoms with E-state index in [9.17, 15) is 4.79 Å². The first-order valence-electron chi connectivity index (χ1n) is 11.9.